The van der Waals surface area contributed by atoms with Crippen molar-refractivity contribution in [2.24, 2.45) is 4.99 Å². The Balaban J connectivity index is 1.67. The first kappa shape index (κ1) is 24.1. The van der Waals surface area contributed by atoms with E-state index in [2.05, 4.69) is 4.99 Å². The van der Waals surface area contributed by atoms with Crippen LogP contribution >= 0.6 is 11.3 Å². The van der Waals surface area contributed by atoms with Gasteiger partial charge in [-0.2, -0.15) is 9.30 Å². The molecule has 1 aromatic heterocycles. The van der Waals surface area contributed by atoms with Crippen molar-refractivity contribution in [3.8, 4) is 5.75 Å². The molecule has 0 bridgehead atoms. The lowest BCUT2D eigenvalue weighted by molar-refractivity contribution is -0.141. The second kappa shape index (κ2) is 10.1. The Bertz CT molecular complexity index is 1380. The number of esters is 1. The van der Waals surface area contributed by atoms with Crippen molar-refractivity contribution in [2.75, 3.05) is 27.3 Å². The van der Waals surface area contributed by atoms with Gasteiger partial charge in [-0.3, -0.25) is 9.59 Å². The molecule has 0 spiro atoms. The van der Waals surface area contributed by atoms with E-state index in [4.69, 9.17) is 9.47 Å². The van der Waals surface area contributed by atoms with E-state index in [9.17, 15) is 18.0 Å². The van der Waals surface area contributed by atoms with E-state index in [0.29, 0.717) is 29.2 Å². The molecule has 3 aromatic rings. The van der Waals surface area contributed by atoms with Gasteiger partial charge >= 0.3 is 5.97 Å². The average Bonchev–Trinajstić information content (AvgIpc) is 3.20. The second-order valence-corrected chi connectivity index (χ2v) is 10.7. The monoisotopic (exact) mass is 503 g/mol. The number of rotatable bonds is 6. The Hall–Kier alpha value is -3.02. The van der Waals surface area contributed by atoms with Gasteiger partial charge in [-0.25, -0.2) is 8.42 Å². The van der Waals surface area contributed by atoms with Crippen molar-refractivity contribution in [1.82, 2.24) is 8.87 Å². The summed E-state index contributed by atoms with van der Waals surface area (Å²) in [6, 6.07) is 11.1. The summed E-state index contributed by atoms with van der Waals surface area (Å²) < 4.78 is 39.6. The Morgan fingerprint density at radius 3 is 2.38 bits per heavy atom. The van der Waals surface area contributed by atoms with Crippen molar-refractivity contribution in [3.05, 3.63) is 52.8 Å². The summed E-state index contributed by atoms with van der Waals surface area (Å²) in [6.45, 7) is 0.909. The number of aromatic nitrogens is 1. The average molecular weight is 504 g/mol. The number of hydrogen-bond acceptors (Lipinski definition) is 7. The fraction of sp³-hybridized carbons (Fsp3) is 0.348. The smallest absolute Gasteiger partial charge is 0.325 e. The molecule has 1 saturated heterocycles. The molecule has 9 nitrogen and oxygen atoms in total. The Kier molecular flexibility index (Phi) is 7.15. The summed E-state index contributed by atoms with van der Waals surface area (Å²) in [6.07, 6.45) is 2.73. The summed E-state index contributed by atoms with van der Waals surface area (Å²) in [5.41, 5.74) is 0.961. The van der Waals surface area contributed by atoms with Crippen LogP contribution in [0.2, 0.25) is 0 Å². The number of sulfonamides is 1. The van der Waals surface area contributed by atoms with Gasteiger partial charge in [-0.05, 0) is 55.3 Å². The highest BCUT2D eigenvalue weighted by Gasteiger charge is 2.26. The van der Waals surface area contributed by atoms with Crippen LogP contribution in [0.5, 0.6) is 5.75 Å². The van der Waals surface area contributed by atoms with E-state index in [1.807, 2.05) is 0 Å². The molecule has 0 saturated carbocycles. The number of carbonyl (C=O) groups excluding carboxylic acids is 2. The molecule has 0 aliphatic carbocycles. The molecule has 0 radical (unpaired) electrons. The van der Waals surface area contributed by atoms with Crippen molar-refractivity contribution >= 4 is 43.5 Å². The van der Waals surface area contributed by atoms with E-state index >= 15 is 0 Å². The molecule has 180 valence electrons. The predicted octanol–water partition coefficient (Wildman–Crippen LogP) is 2.80. The van der Waals surface area contributed by atoms with Gasteiger partial charge in [0, 0.05) is 18.7 Å². The fourth-order valence-corrected chi connectivity index (χ4v) is 6.36. The van der Waals surface area contributed by atoms with Crippen molar-refractivity contribution in [3.63, 3.8) is 0 Å². The maximum absolute atomic E-state index is 12.9. The molecule has 0 unspecified atom stereocenters. The SMILES string of the molecule is COC(=O)Cn1c(=NC(=O)c2ccc(S(=O)(=O)N3CCCCC3)cc2)sc2cc(OC)ccc21. The van der Waals surface area contributed by atoms with E-state index in [1.54, 1.807) is 29.9 Å². The zero-order valence-corrected chi connectivity index (χ0v) is 20.5. The van der Waals surface area contributed by atoms with Crippen molar-refractivity contribution in [2.45, 2.75) is 30.7 Å². The third kappa shape index (κ3) is 4.91. The van der Waals surface area contributed by atoms with Crippen LogP contribution in [0.15, 0.2) is 52.4 Å². The van der Waals surface area contributed by atoms with Crippen LogP contribution < -0.4 is 9.54 Å². The van der Waals surface area contributed by atoms with E-state index in [-0.39, 0.29) is 17.0 Å². The van der Waals surface area contributed by atoms with Crippen LogP contribution in [0.3, 0.4) is 0 Å². The molecule has 1 fully saturated rings. The van der Waals surface area contributed by atoms with E-state index < -0.39 is 21.9 Å². The van der Waals surface area contributed by atoms with E-state index in [0.717, 1.165) is 24.0 Å². The second-order valence-electron chi connectivity index (χ2n) is 7.79. The van der Waals surface area contributed by atoms with Crippen LogP contribution in [0.1, 0.15) is 29.6 Å². The first-order chi connectivity index (χ1) is 16.3. The number of methoxy groups -OCH3 is 2. The van der Waals surface area contributed by atoms with Gasteiger partial charge in [0.2, 0.25) is 10.0 Å². The first-order valence-corrected chi connectivity index (χ1v) is 13.0. The zero-order valence-electron chi connectivity index (χ0n) is 18.9. The maximum atomic E-state index is 12.9. The van der Waals surface area contributed by atoms with Gasteiger partial charge in [-0.1, -0.05) is 17.8 Å². The summed E-state index contributed by atoms with van der Waals surface area (Å²) in [7, 11) is -0.734. The summed E-state index contributed by atoms with van der Waals surface area (Å²) in [4.78, 5) is 29.6. The van der Waals surface area contributed by atoms with Gasteiger partial charge < -0.3 is 14.0 Å². The standard InChI is InChI=1S/C23H25N3O6S2/c1-31-17-8-11-19-20(14-17)33-23(26(19)15-21(27)32-2)24-22(28)16-6-9-18(10-7-16)34(29,30)25-12-4-3-5-13-25/h6-11,14H,3-5,12-13,15H2,1-2H3. The molecule has 1 amide bonds. The fourth-order valence-electron chi connectivity index (χ4n) is 3.79. The predicted molar refractivity (Wildman–Crippen MR) is 127 cm³/mol. The number of piperidine rings is 1. The molecule has 2 aromatic carbocycles. The lowest BCUT2D eigenvalue weighted by atomic mass is 10.2. The molecule has 34 heavy (non-hydrogen) atoms. The molecule has 4 rings (SSSR count). The summed E-state index contributed by atoms with van der Waals surface area (Å²) >= 11 is 1.24. The van der Waals surface area contributed by atoms with Gasteiger partial charge in [-0.15, -0.1) is 0 Å². The molecular weight excluding hydrogens is 478 g/mol. The topological polar surface area (TPSA) is 107 Å². The maximum Gasteiger partial charge on any atom is 0.325 e. The number of carbonyl (C=O) groups is 2. The summed E-state index contributed by atoms with van der Waals surface area (Å²) in [5.74, 6) is -0.377. The highest BCUT2D eigenvalue weighted by molar-refractivity contribution is 7.89. The van der Waals surface area contributed by atoms with Crippen LogP contribution in [0.25, 0.3) is 10.2 Å². The zero-order chi connectivity index (χ0) is 24.3. The van der Waals surface area contributed by atoms with Gasteiger partial charge in [0.25, 0.3) is 5.91 Å². The molecule has 2 heterocycles. The largest absolute Gasteiger partial charge is 0.497 e. The summed E-state index contributed by atoms with van der Waals surface area (Å²) in [5, 5.41) is 0. The quantitative estimate of drug-likeness (QED) is 0.479. The van der Waals surface area contributed by atoms with Crippen molar-refractivity contribution < 1.29 is 27.5 Å². The lowest BCUT2D eigenvalue weighted by Gasteiger charge is -2.25. The van der Waals surface area contributed by atoms with Gasteiger partial charge in [0.15, 0.2) is 4.80 Å². The van der Waals surface area contributed by atoms with Crippen molar-refractivity contribution in [1.29, 1.82) is 0 Å². The third-order valence-corrected chi connectivity index (χ3v) is 8.61. The minimum Gasteiger partial charge on any atom is -0.497 e. The molecule has 0 N–H and O–H groups in total. The van der Waals surface area contributed by atoms with E-state index in [1.165, 1.54) is 47.0 Å². The first-order valence-electron chi connectivity index (χ1n) is 10.8. The molecule has 0 atom stereocenters. The highest BCUT2D eigenvalue weighted by atomic mass is 32.2. The van der Waals surface area contributed by atoms with Crippen LogP contribution in [-0.4, -0.2) is 56.5 Å². The van der Waals surface area contributed by atoms with Gasteiger partial charge in [0.1, 0.15) is 12.3 Å². The highest BCUT2D eigenvalue weighted by Crippen LogP contribution is 2.24. The normalized spacial score (nSPS) is 15.4. The number of amides is 1. The number of thiazole rings is 1. The molecule has 1 aliphatic heterocycles. The minimum atomic E-state index is -3.58. The minimum absolute atomic E-state index is 0.109. The lowest BCUT2D eigenvalue weighted by Crippen LogP contribution is -2.35. The Labute approximate surface area is 201 Å². The Morgan fingerprint density at radius 1 is 1.03 bits per heavy atom. The molecule has 11 heteroatoms. The Morgan fingerprint density at radius 2 is 1.74 bits per heavy atom. The van der Waals surface area contributed by atoms with Crippen LogP contribution in [0, 0.1) is 0 Å². The van der Waals surface area contributed by atoms with Crippen LogP contribution in [0.4, 0.5) is 0 Å². The molecule has 1 aliphatic rings. The van der Waals surface area contributed by atoms with Crippen LogP contribution in [-0.2, 0) is 26.1 Å². The number of ether oxygens (including phenoxy) is 2. The number of hydrogen-bond donors (Lipinski definition) is 0. The number of benzene rings is 2. The number of nitrogens with zero attached hydrogens (tertiary/aromatic N) is 3. The third-order valence-electron chi connectivity index (χ3n) is 5.66. The van der Waals surface area contributed by atoms with Gasteiger partial charge in [0.05, 0.1) is 29.3 Å². The number of fused-ring (bicyclic) bond motifs is 1. The molecular formula is C23H25N3O6S2.